The largest absolute Gasteiger partial charge is 0.368 e. The SMILES string of the molecule is Cc1cc(C(=O)N2C[C@H]3CC[C@@H]2CN(C(=O)c2cnccn2)C3)nc(N)n1. The van der Waals surface area contributed by atoms with Crippen molar-refractivity contribution in [1.29, 1.82) is 0 Å². The van der Waals surface area contributed by atoms with E-state index in [0.29, 0.717) is 36.7 Å². The highest BCUT2D eigenvalue weighted by Crippen LogP contribution is 2.29. The fourth-order valence-electron chi connectivity index (χ4n) is 3.92. The van der Waals surface area contributed by atoms with Crippen LogP contribution in [0.15, 0.2) is 24.7 Å². The van der Waals surface area contributed by atoms with Crippen molar-refractivity contribution in [3.63, 3.8) is 0 Å². The quantitative estimate of drug-likeness (QED) is 0.822. The molecule has 2 bridgehead atoms. The van der Waals surface area contributed by atoms with E-state index >= 15 is 0 Å². The Morgan fingerprint density at radius 1 is 1.07 bits per heavy atom. The fourth-order valence-corrected chi connectivity index (χ4v) is 3.92. The zero-order valence-corrected chi connectivity index (χ0v) is 15.1. The minimum absolute atomic E-state index is 0.0478. The zero-order chi connectivity index (χ0) is 19.0. The molecule has 0 saturated carbocycles. The van der Waals surface area contributed by atoms with Crippen LogP contribution in [0.2, 0.25) is 0 Å². The van der Waals surface area contributed by atoms with Gasteiger partial charge in [-0.25, -0.2) is 15.0 Å². The summed E-state index contributed by atoms with van der Waals surface area (Å²) >= 11 is 0. The first-order valence-electron chi connectivity index (χ1n) is 8.98. The second-order valence-corrected chi connectivity index (χ2v) is 7.11. The number of amides is 2. The standard InChI is InChI=1S/C18H21N7O2/c1-11-6-14(23-18(19)22-11)17(27)25-9-12-2-3-13(25)10-24(8-12)16(26)15-7-20-4-5-21-15/h4-7,12-13H,2-3,8-10H2,1H3,(H2,19,22,23)/t12-,13+/m0/s1. The molecule has 3 fully saturated rings. The maximum absolute atomic E-state index is 13.0. The van der Waals surface area contributed by atoms with Crippen LogP contribution in [0.1, 0.15) is 39.5 Å². The first-order chi connectivity index (χ1) is 13.0. The van der Waals surface area contributed by atoms with Gasteiger partial charge in [0.05, 0.1) is 6.20 Å². The first-order valence-corrected chi connectivity index (χ1v) is 8.98. The summed E-state index contributed by atoms with van der Waals surface area (Å²) in [6.07, 6.45) is 6.38. The summed E-state index contributed by atoms with van der Waals surface area (Å²) in [5.41, 5.74) is 6.99. The topological polar surface area (TPSA) is 118 Å². The third-order valence-corrected chi connectivity index (χ3v) is 5.13. The smallest absolute Gasteiger partial charge is 0.274 e. The van der Waals surface area contributed by atoms with Crippen LogP contribution >= 0.6 is 0 Å². The number of anilines is 1. The molecule has 3 aliphatic rings. The lowest BCUT2D eigenvalue weighted by Gasteiger charge is -2.35. The number of carbonyl (C=O) groups is 2. The van der Waals surface area contributed by atoms with Gasteiger partial charge < -0.3 is 15.5 Å². The molecule has 27 heavy (non-hydrogen) atoms. The van der Waals surface area contributed by atoms with E-state index < -0.39 is 0 Å². The number of hydrogen-bond donors (Lipinski definition) is 1. The predicted molar refractivity (Wildman–Crippen MR) is 96.7 cm³/mol. The predicted octanol–water partition coefficient (Wildman–Crippen LogP) is 0.534. The third kappa shape index (κ3) is 3.44. The van der Waals surface area contributed by atoms with E-state index in [9.17, 15) is 9.59 Å². The van der Waals surface area contributed by atoms with Gasteiger partial charge in [-0.2, -0.15) is 0 Å². The average Bonchev–Trinajstić information content (AvgIpc) is 2.99. The summed E-state index contributed by atoms with van der Waals surface area (Å²) in [4.78, 5) is 45.7. The number of carbonyl (C=O) groups excluding carboxylic acids is 2. The molecular formula is C18H21N7O2. The molecule has 0 aliphatic carbocycles. The number of piperidine rings is 1. The van der Waals surface area contributed by atoms with Crippen molar-refractivity contribution in [3.05, 3.63) is 41.7 Å². The van der Waals surface area contributed by atoms with Gasteiger partial charge in [0.2, 0.25) is 5.95 Å². The molecule has 2 atom stereocenters. The van der Waals surface area contributed by atoms with Crippen LogP contribution in [0.25, 0.3) is 0 Å². The molecule has 5 heterocycles. The molecule has 9 nitrogen and oxygen atoms in total. The molecular weight excluding hydrogens is 346 g/mol. The molecule has 2 aromatic rings. The highest BCUT2D eigenvalue weighted by Gasteiger charge is 2.39. The third-order valence-electron chi connectivity index (χ3n) is 5.13. The van der Waals surface area contributed by atoms with Crippen LogP contribution in [-0.2, 0) is 0 Å². The number of rotatable bonds is 2. The zero-order valence-electron chi connectivity index (χ0n) is 15.1. The number of fused-ring (bicyclic) bond motifs is 4. The number of nitrogens with two attached hydrogens (primary N) is 1. The molecule has 3 saturated heterocycles. The molecule has 140 valence electrons. The highest BCUT2D eigenvalue weighted by molar-refractivity contribution is 5.94. The minimum atomic E-state index is -0.157. The molecule has 0 radical (unpaired) electrons. The molecule has 0 unspecified atom stereocenters. The fraction of sp³-hybridized carbons (Fsp3) is 0.444. The van der Waals surface area contributed by atoms with Crippen LogP contribution in [0, 0.1) is 12.8 Å². The number of aryl methyl sites for hydroxylation is 1. The van der Waals surface area contributed by atoms with Gasteiger partial charge in [0.25, 0.3) is 11.8 Å². The molecule has 2 N–H and O–H groups in total. The van der Waals surface area contributed by atoms with E-state index in [1.165, 1.54) is 12.4 Å². The molecule has 2 amide bonds. The lowest BCUT2D eigenvalue weighted by Crippen LogP contribution is -2.48. The van der Waals surface area contributed by atoms with Crippen molar-refractivity contribution in [3.8, 4) is 0 Å². The van der Waals surface area contributed by atoms with Crippen LogP contribution in [0.5, 0.6) is 0 Å². The molecule has 2 aromatic heterocycles. The second-order valence-electron chi connectivity index (χ2n) is 7.11. The van der Waals surface area contributed by atoms with E-state index in [1.807, 2.05) is 4.90 Å². The molecule has 5 rings (SSSR count). The number of aromatic nitrogens is 4. The minimum Gasteiger partial charge on any atom is -0.368 e. The van der Waals surface area contributed by atoms with Gasteiger partial charge in [-0.1, -0.05) is 0 Å². The lowest BCUT2D eigenvalue weighted by molar-refractivity contribution is 0.0568. The van der Waals surface area contributed by atoms with Crippen LogP contribution in [0.3, 0.4) is 0 Å². The highest BCUT2D eigenvalue weighted by atomic mass is 16.2. The normalized spacial score (nSPS) is 21.8. The van der Waals surface area contributed by atoms with Gasteiger partial charge in [0.15, 0.2) is 0 Å². The number of nitrogens with zero attached hydrogens (tertiary/aromatic N) is 6. The van der Waals surface area contributed by atoms with Crippen molar-refractivity contribution in [2.75, 3.05) is 25.4 Å². The summed E-state index contributed by atoms with van der Waals surface area (Å²) in [5, 5.41) is 0. The summed E-state index contributed by atoms with van der Waals surface area (Å²) in [5.74, 6) is 0.0264. The molecule has 3 aliphatic heterocycles. The van der Waals surface area contributed by atoms with Crippen LogP contribution in [0.4, 0.5) is 5.95 Å². The van der Waals surface area contributed by atoms with Crippen molar-refractivity contribution in [1.82, 2.24) is 29.7 Å². The van der Waals surface area contributed by atoms with Crippen LogP contribution < -0.4 is 5.73 Å². The van der Waals surface area contributed by atoms with Crippen molar-refractivity contribution in [2.45, 2.75) is 25.8 Å². The summed E-state index contributed by atoms with van der Waals surface area (Å²) < 4.78 is 0. The van der Waals surface area contributed by atoms with E-state index in [-0.39, 0.29) is 29.7 Å². The molecule has 9 heteroatoms. The summed E-state index contributed by atoms with van der Waals surface area (Å²) in [7, 11) is 0. The van der Waals surface area contributed by atoms with Crippen molar-refractivity contribution < 1.29 is 9.59 Å². The Kier molecular flexibility index (Phi) is 4.43. The van der Waals surface area contributed by atoms with Gasteiger partial charge in [-0.3, -0.25) is 14.6 Å². The van der Waals surface area contributed by atoms with E-state index in [2.05, 4.69) is 19.9 Å². The number of nitrogen functional groups attached to an aromatic ring is 1. The van der Waals surface area contributed by atoms with Crippen LogP contribution in [-0.4, -0.2) is 67.2 Å². The average molecular weight is 367 g/mol. The Hall–Kier alpha value is -3.10. The first kappa shape index (κ1) is 17.3. The van der Waals surface area contributed by atoms with Crippen molar-refractivity contribution in [2.24, 2.45) is 5.92 Å². The van der Waals surface area contributed by atoms with Gasteiger partial charge >= 0.3 is 0 Å². The Morgan fingerprint density at radius 3 is 2.67 bits per heavy atom. The summed E-state index contributed by atoms with van der Waals surface area (Å²) in [6.45, 7) is 3.49. The Bertz CT molecular complexity index is 853. The van der Waals surface area contributed by atoms with Crippen molar-refractivity contribution >= 4 is 17.8 Å². The Balaban J connectivity index is 1.56. The second kappa shape index (κ2) is 6.90. The van der Waals surface area contributed by atoms with E-state index in [4.69, 9.17) is 5.73 Å². The van der Waals surface area contributed by atoms with Gasteiger partial charge in [0.1, 0.15) is 11.4 Å². The molecule has 0 aromatic carbocycles. The summed E-state index contributed by atoms with van der Waals surface area (Å²) in [6, 6.07) is 1.60. The van der Waals surface area contributed by atoms with Gasteiger partial charge in [0, 0.05) is 43.8 Å². The van der Waals surface area contributed by atoms with Gasteiger partial charge in [-0.05, 0) is 31.7 Å². The Morgan fingerprint density at radius 2 is 1.93 bits per heavy atom. The number of hydrogen-bond acceptors (Lipinski definition) is 7. The lowest BCUT2D eigenvalue weighted by atomic mass is 9.94. The monoisotopic (exact) mass is 367 g/mol. The van der Waals surface area contributed by atoms with E-state index in [1.54, 1.807) is 24.1 Å². The Labute approximate surface area is 156 Å². The van der Waals surface area contributed by atoms with Gasteiger partial charge in [-0.15, -0.1) is 0 Å². The maximum Gasteiger partial charge on any atom is 0.274 e. The van der Waals surface area contributed by atoms with E-state index in [0.717, 1.165) is 12.8 Å². The molecule has 0 spiro atoms. The maximum atomic E-state index is 13.0.